The highest BCUT2D eigenvalue weighted by molar-refractivity contribution is 6.39. The molecule has 0 radical (unpaired) electrons. The Morgan fingerprint density at radius 1 is 1.12 bits per heavy atom. The standard InChI is InChI=1S/C18H14Cl2N4O/c1-11-9-21-10-17(23-11)24-16-8-12(5-6-22-16)7-15(25)18-13(19)3-2-4-14(18)20/h2-6,8-10H,7H2,1H3,(H,22,23,24). The van der Waals surface area contributed by atoms with Gasteiger partial charge in [-0.15, -0.1) is 0 Å². The largest absolute Gasteiger partial charge is 0.324 e. The lowest BCUT2D eigenvalue weighted by molar-refractivity contribution is 0.0993. The molecule has 0 fully saturated rings. The van der Waals surface area contributed by atoms with E-state index in [1.807, 2.05) is 6.92 Å². The molecule has 25 heavy (non-hydrogen) atoms. The average Bonchev–Trinajstić information content (AvgIpc) is 2.55. The molecule has 0 saturated carbocycles. The molecule has 3 rings (SSSR count). The topological polar surface area (TPSA) is 67.8 Å². The summed E-state index contributed by atoms with van der Waals surface area (Å²) < 4.78 is 0. The Hall–Kier alpha value is -2.50. The van der Waals surface area contributed by atoms with Gasteiger partial charge in [-0.05, 0) is 36.8 Å². The van der Waals surface area contributed by atoms with Gasteiger partial charge in [0.05, 0.1) is 27.5 Å². The predicted molar refractivity (Wildman–Crippen MR) is 98.8 cm³/mol. The van der Waals surface area contributed by atoms with E-state index in [0.717, 1.165) is 11.3 Å². The molecule has 0 aliphatic carbocycles. The quantitative estimate of drug-likeness (QED) is 0.659. The molecule has 7 heteroatoms. The highest BCUT2D eigenvalue weighted by Crippen LogP contribution is 2.26. The molecular formula is C18H14Cl2N4O. The van der Waals surface area contributed by atoms with Gasteiger partial charge in [0, 0.05) is 18.8 Å². The molecule has 0 saturated heterocycles. The number of hydrogen-bond acceptors (Lipinski definition) is 5. The van der Waals surface area contributed by atoms with E-state index in [9.17, 15) is 4.79 Å². The van der Waals surface area contributed by atoms with Crippen molar-refractivity contribution in [2.45, 2.75) is 13.3 Å². The number of hydrogen-bond donors (Lipinski definition) is 1. The minimum atomic E-state index is -0.150. The minimum Gasteiger partial charge on any atom is -0.324 e. The Bertz CT molecular complexity index is 910. The molecule has 0 aliphatic heterocycles. The highest BCUT2D eigenvalue weighted by atomic mass is 35.5. The summed E-state index contributed by atoms with van der Waals surface area (Å²) in [6.45, 7) is 1.86. The van der Waals surface area contributed by atoms with Crippen LogP contribution in [0.1, 0.15) is 21.6 Å². The van der Waals surface area contributed by atoms with Gasteiger partial charge in [-0.3, -0.25) is 9.78 Å². The van der Waals surface area contributed by atoms with Crippen molar-refractivity contribution in [3.63, 3.8) is 0 Å². The fraction of sp³-hybridized carbons (Fsp3) is 0.111. The Morgan fingerprint density at radius 2 is 1.88 bits per heavy atom. The van der Waals surface area contributed by atoms with Crippen LogP contribution in [0, 0.1) is 6.92 Å². The Morgan fingerprint density at radius 3 is 2.60 bits per heavy atom. The third-order valence-corrected chi connectivity index (χ3v) is 4.07. The summed E-state index contributed by atoms with van der Waals surface area (Å²) in [5, 5.41) is 3.77. The molecule has 0 atom stereocenters. The maximum atomic E-state index is 12.5. The van der Waals surface area contributed by atoms with E-state index in [2.05, 4.69) is 20.3 Å². The zero-order valence-corrected chi connectivity index (χ0v) is 14.8. The zero-order valence-electron chi connectivity index (χ0n) is 13.3. The number of nitrogens with zero attached hydrogens (tertiary/aromatic N) is 3. The number of carbonyl (C=O) groups excluding carboxylic acids is 1. The molecule has 2 aromatic heterocycles. The Kier molecular flexibility index (Phi) is 5.26. The van der Waals surface area contributed by atoms with E-state index in [4.69, 9.17) is 23.2 Å². The third kappa shape index (κ3) is 4.32. The third-order valence-electron chi connectivity index (χ3n) is 3.44. The number of pyridine rings is 1. The van der Waals surface area contributed by atoms with Gasteiger partial charge in [0.1, 0.15) is 11.6 Å². The Labute approximate surface area is 155 Å². The fourth-order valence-corrected chi connectivity index (χ4v) is 2.95. The number of rotatable bonds is 5. The van der Waals surface area contributed by atoms with Crippen LogP contribution in [0.3, 0.4) is 0 Å². The van der Waals surface area contributed by atoms with Gasteiger partial charge in [-0.1, -0.05) is 29.3 Å². The van der Waals surface area contributed by atoms with E-state index in [1.165, 1.54) is 0 Å². The SMILES string of the molecule is Cc1cncc(Nc2cc(CC(=O)c3c(Cl)cccc3Cl)ccn2)n1. The van der Waals surface area contributed by atoms with Crippen LogP contribution >= 0.6 is 23.2 Å². The number of aromatic nitrogens is 3. The molecule has 1 N–H and O–H groups in total. The summed E-state index contributed by atoms with van der Waals surface area (Å²) in [6, 6.07) is 8.56. The highest BCUT2D eigenvalue weighted by Gasteiger charge is 2.15. The van der Waals surface area contributed by atoms with Gasteiger partial charge >= 0.3 is 0 Å². The number of Topliss-reactive ketones (excluding diaryl/α,β-unsaturated/α-hetero) is 1. The van der Waals surface area contributed by atoms with Crippen molar-refractivity contribution in [1.29, 1.82) is 0 Å². The van der Waals surface area contributed by atoms with E-state index in [0.29, 0.717) is 27.2 Å². The van der Waals surface area contributed by atoms with Crippen LogP contribution in [0.5, 0.6) is 0 Å². The number of nitrogens with one attached hydrogen (secondary N) is 1. The van der Waals surface area contributed by atoms with Crippen LogP contribution in [0.2, 0.25) is 10.0 Å². The second-order valence-electron chi connectivity index (χ2n) is 5.42. The normalized spacial score (nSPS) is 10.5. The monoisotopic (exact) mass is 372 g/mol. The lowest BCUT2D eigenvalue weighted by atomic mass is 10.0. The second kappa shape index (κ2) is 7.59. The summed E-state index contributed by atoms with van der Waals surface area (Å²) in [4.78, 5) is 25.2. The van der Waals surface area contributed by atoms with Crippen molar-refractivity contribution < 1.29 is 4.79 Å². The first-order valence-corrected chi connectivity index (χ1v) is 8.26. The van der Waals surface area contributed by atoms with Gasteiger partial charge in [-0.25, -0.2) is 9.97 Å². The van der Waals surface area contributed by atoms with Crippen molar-refractivity contribution in [2.24, 2.45) is 0 Å². The van der Waals surface area contributed by atoms with Crippen LogP contribution in [0.15, 0.2) is 48.9 Å². The minimum absolute atomic E-state index is 0.150. The van der Waals surface area contributed by atoms with E-state index in [-0.39, 0.29) is 12.2 Å². The molecule has 0 aliphatic rings. The van der Waals surface area contributed by atoms with Crippen LogP contribution < -0.4 is 5.32 Å². The molecule has 3 aromatic rings. The number of benzene rings is 1. The van der Waals surface area contributed by atoms with Gasteiger partial charge in [0.25, 0.3) is 0 Å². The van der Waals surface area contributed by atoms with Gasteiger partial charge < -0.3 is 5.32 Å². The molecule has 0 bridgehead atoms. The second-order valence-corrected chi connectivity index (χ2v) is 6.23. The number of ketones is 1. The first kappa shape index (κ1) is 17.3. The van der Waals surface area contributed by atoms with E-state index >= 15 is 0 Å². The van der Waals surface area contributed by atoms with Gasteiger partial charge in [0.2, 0.25) is 0 Å². The van der Waals surface area contributed by atoms with Crippen molar-refractivity contribution in [3.8, 4) is 0 Å². The number of carbonyl (C=O) groups is 1. The first-order valence-electron chi connectivity index (χ1n) is 7.51. The lowest BCUT2D eigenvalue weighted by Crippen LogP contribution is -2.06. The van der Waals surface area contributed by atoms with Gasteiger partial charge in [-0.2, -0.15) is 0 Å². The van der Waals surface area contributed by atoms with Crippen molar-refractivity contribution >= 4 is 40.6 Å². The molecule has 0 spiro atoms. The number of aryl methyl sites for hydroxylation is 1. The Balaban J connectivity index is 1.79. The maximum absolute atomic E-state index is 12.5. The van der Waals surface area contributed by atoms with Gasteiger partial charge in [0.15, 0.2) is 5.78 Å². The smallest absolute Gasteiger partial charge is 0.170 e. The number of anilines is 2. The summed E-state index contributed by atoms with van der Waals surface area (Å²) in [5.74, 6) is 1.02. The summed E-state index contributed by atoms with van der Waals surface area (Å²) in [5.41, 5.74) is 1.92. The van der Waals surface area contributed by atoms with Crippen LogP contribution in [-0.2, 0) is 6.42 Å². The first-order chi connectivity index (χ1) is 12.0. The van der Waals surface area contributed by atoms with E-state index < -0.39 is 0 Å². The maximum Gasteiger partial charge on any atom is 0.170 e. The summed E-state index contributed by atoms with van der Waals surface area (Å²) >= 11 is 12.2. The van der Waals surface area contributed by atoms with Crippen molar-refractivity contribution in [3.05, 3.63) is 75.8 Å². The van der Waals surface area contributed by atoms with Crippen molar-refractivity contribution in [2.75, 3.05) is 5.32 Å². The van der Waals surface area contributed by atoms with E-state index in [1.54, 1.807) is 48.9 Å². The van der Waals surface area contributed by atoms with Crippen LogP contribution in [0.4, 0.5) is 11.6 Å². The number of halogens is 2. The zero-order chi connectivity index (χ0) is 17.8. The molecule has 0 amide bonds. The fourth-order valence-electron chi connectivity index (χ4n) is 2.35. The molecule has 0 unspecified atom stereocenters. The molecule has 126 valence electrons. The summed E-state index contributed by atoms with van der Waals surface area (Å²) in [7, 11) is 0. The average molecular weight is 373 g/mol. The van der Waals surface area contributed by atoms with Crippen molar-refractivity contribution in [1.82, 2.24) is 15.0 Å². The molecule has 5 nitrogen and oxygen atoms in total. The lowest BCUT2D eigenvalue weighted by Gasteiger charge is -2.08. The molecular weight excluding hydrogens is 359 g/mol. The molecule has 1 aromatic carbocycles. The van der Waals surface area contributed by atoms with Crippen LogP contribution in [-0.4, -0.2) is 20.7 Å². The van der Waals surface area contributed by atoms with Crippen LogP contribution in [0.25, 0.3) is 0 Å². The summed E-state index contributed by atoms with van der Waals surface area (Å²) in [6.07, 6.45) is 5.07. The predicted octanol–water partition coefficient (Wildman–Crippen LogP) is 4.66. The molecule has 2 heterocycles.